The molecule has 116 valence electrons. The minimum atomic E-state index is -1.30. The quantitative estimate of drug-likeness (QED) is 0.845. The Balaban J connectivity index is 2.03. The molecule has 1 aromatic heterocycles. The first-order valence-electron chi connectivity index (χ1n) is 6.90. The number of aryl methyl sites for hydroxylation is 2. The summed E-state index contributed by atoms with van der Waals surface area (Å²) >= 11 is 0. The van der Waals surface area contributed by atoms with Crippen LogP contribution in [0.1, 0.15) is 42.7 Å². The molecule has 2 N–H and O–H groups in total. The van der Waals surface area contributed by atoms with Gasteiger partial charge in [0.2, 0.25) is 5.91 Å². The molecular weight excluding hydrogens is 276 g/mol. The number of carbonyl (C=O) groups excluding carboxylic acids is 1. The van der Waals surface area contributed by atoms with E-state index >= 15 is 0 Å². The van der Waals surface area contributed by atoms with E-state index < -0.39 is 11.5 Å². The monoisotopic (exact) mass is 296 g/mol. The minimum absolute atomic E-state index is 0.00771. The second-order valence-corrected chi connectivity index (χ2v) is 5.58. The molecule has 2 atom stereocenters. The van der Waals surface area contributed by atoms with E-state index in [1.165, 1.54) is 0 Å². The maximum absolute atomic E-state index is 12.2. The van der Waals surface area contributed by atoms with Gasteiger partial charge in [-0.25, -0.2) is 4.79 Å². The summed E-state index contributed by atoms with van der Waals surface area (Å²) in [6.07, 6.45) is 0.464. The fraction of sp³-hybridized carbons (Fsp3) is 0.643. The minimum Gasteiger partial charge on any atom is -0.479 e. The molecule has 0 bridgehead atoms. The molecule has 2 unspecified atom stereocenters. The molecule has 1 aromatic rings. The van der Waals surface area contributed by atoms with Crippen LogP contribution in [-0.2, 0) is 14.3 Å². The van der Waals surface area contributed by atoms with Gasteiger partial charge in [0.15, 0.2) is 5.54 Å². The third kappa shape index (κ3) is 3.07. The van der Waals surface area contributed by atoms with Gasteiger partial charge in [-0.3, -0.25) is 4.79 Å². The SMILES string of the molecule is Cc1noc(C)c1C(C)CC(=O)NC1(C(=O)O)CCOC1. The summed E-state index contributed by atoms with van der Waals surface area (Å²) in [5.74, 6) is -0.775. The number of hydrogen-bond donors (Lipinski definition) is 2. The lowest BCUT2D eigenvalue weighted by Gasteiger charge is -2.24. The lowest BCUT2D eigenvalue weighted by molar-refractivity contribution is -0.147. The summed E-state index contributed by atoms with van der Waals surface area (Å²) in [6.45, 7) is 5.86. The van der Waals surface area contributed by atoms with E-state index in [-0.39, 0.29) is 31.3 Å². The molecule has 0 radical (unpaired) electrons. The third-order valence-corrected chi connectivity index (χ3v) is 3.88. The summed E-state index contributed by atoms with van der Waals surface area (Å²) in [4.78, 5) is 23.5. The predicted octanol–water partition coefficient (Wildman–Crippen LogP) is 1.14. The van der Waals surface area contributed by atoms with Crippen LogP contribution in [0.25, 0.3) is 0 Å². The van der Waals surface area contributed by atoms with Gasteiger partial charge in [-0.2, -0.15) is 0 Å². The fourth-order valence-corrected chi connectivity index (χ4v) is 2.78. The Labute approximate surface area is 122 Å². The molecule has 1 saturated heterocycles. The highest BCUT2D eigenvalue weighted by Gasteiger charge is 2.44. The van der Waals surface area contributed by atoms with Gasteiger partial charge in [0, 0.05) is 25.0 Å². The van der Waals surface area contributed by atoms with Crippen molar-refractivity contribution in [3.63, 3.8) is 0 Å². The molecule has 0 aromatic carbocycles. The van der Waals surface area contributed by atoms with Crippen LogP contribution in [0.2, 0.25) is 0 Å². The average molecular weight is 296 g/mol. The number of ether oxygens (including phenoxy) is 1. The number of amides is 1. The van der Waals surface area contributed by atoms with Crippen LogP contribution in [0, 0.1) is 13.8 Å². The number of aromatic nitrogens is 1. The van der Waals surface area contributed by atoms with Crippen molar-refractivity contribution < 1.29 is 24.0 Å². The normalized spacial score (nSPS) is 23.0. The molecule has 2 heterocycles. The standard InChI is InChI=1S/C14H20N2O5/c1-8(12-9(2)16-21-10(12)3)6-11(17)15-14(13(18)19)4-5-20-7-14/h8H,4-7H2,1-3H3,(H,15,17)(H,18,19). The summed E-state index contributed by atoms with van der Waals surface area (Å²) < 4.78 is 10.2. The van der Waals surface area contributed by atoms with Crippen molar-refractivity contribution in [3.8, 4) is 0 Å². The number of carboxylic acids is 1. The number of rotatable bonds is 5. The van der Waals surface area contributed by atoms with Crippen molar-refractivity contribution in [1.82, 2.24) is 10.5 Å². The molecule has 1 amide bonds. The molecule has 0 saturated carbocycles. The first kappa shape index (κ1) is 15.5. The van der Waals surface area contributed by atoms with Gasteiger partial charge in [-0.05, 0) is 19.8 Å². The van der Waals surface area contributed by atoms with E-state index in [2.05, 4.69) is 10.5 Å². The number of aliphatic carboxylic acids is 1. The molecule has 0 aliphatic carbocycles. The second kappa shape index (κ2) is 5.85. The number of carboxylic acid groups (broad SMARTS) is 1. The van der Waals surface area contributed by atoms with Crippen molar-refractivity contribution >= 4 is 11.9 Å². The zero-order chi connectivity index (χ0) is 15.6. The maximum atomic E-state index is 12.2. The molecule has 1 fully saturated rings. The third-order valence-electron chi connectivity index (χ3n) is 3.88. The summed E-state index contributed by atoms with van der Waals surface area (Å²) in [5, 5.41) is 15.8. The largest absolute Gasteiger partial charge is 0.479 e. The van der Waals surface area contributed by atoms with Crippen molar-refractivity contribution in [2.45, 2.75) is 45.1 Å². The Morgan fingerprint density at radius 3 is 2.67 bits per heavy atom. The van der Waals surface area contributed by atoms with E-state index in [9.17, 15) is 14.7 Å². The van der Waals surface area contributed by atoms with Crippen LogP contribution < -0.4 is 5.32 Å². The van der Waals surface area contributed by atoms with Crippen LogP contribution in [0.5, 0.6) is 0 Å². The number of hydrogen-bond acceptors (Lipinski definition) is 5. The zero-order valence-corrected chi connectivity index (χ0v) is 12.4. The Bertz CT molecular complexity index is 526. The predicted molar refractivity (Wildman–Crippen MR) is 73.0 cm³/mol. The van der Waals surface area contributed by atoms with Gasteiger partial charge < -0.3 is 19.7 Å². The highest BCUT2D eigenvalue weighted by Crippen LogP contribution is 2.26. The fourth-order valence-electron chi connectivity index (χ4n) is 2.78. The molecule has 2 rings (SSSR count). The van der Waals surface area contributed by atoms with Crippen molar-refractivity contribution in [2.75, 3.05) is 13.2 Å². The van der Waals surface area contributed by atoms with Crippen LogP contribution in [0.3, 0.4) is 0 Å². The lowest BCUT2D eigenvalue weighted by Crippen LogP contribution is -2.55. The Morgan fingerprint density at radius 1 is 1.48 bits per heavy atom. The Kier molecular flexibility index (Phi) is 4.32. The summed E-state index contributed by atoms with van der Waals surface area (Å²) in [6, 6.07) is 0. The molecule has 21 heavy (non-hydrogen) atoms. The van der Waals surface area contributed by atoms with Gasteiger partial charge in [0.05, 0.1) is 12.3 Å². The molecule has 7 heteroatoms. The van der Waals surface area contributed by atoms with E-state index in [4.69, 9.17) is 9.26 Å². The van der Waals surface area contributed by atoms with Gasteiger partial charge in [0.25, 0.3) is 0 Å². The van der Waals surface area contributed by atoms with Crippen LogP contribution in [0.4, 0.5) is 0 Å². The molecular formula is C14H20N2O5. The van der Waals surface area contributed by atoms with E-state index in [1.807, 2.05) is 13.8 Å². The number of carbonyl (C=O) groups is 2. The summed E-state index contributed by atoms with van der Waals surface area (Å²) in [7, 11) is 0. The van der Waals surface area contributed by atoms with E-state index in [0.29, 0.717) is 12.4 Å². The highest BCUT2D eigenvalue weighted by atomic mass is 16.5. The topological polar surface area (TPSA) is 102 Å². The zero-order valence-electron chi connectivity index (χ0n) is 12.4. The molecule has 7 nitrogen and oxygen atoms in total. The first-order valence-corrected chi connectivity index (χ1v) is 6.90. The van der Waals surface area contributed by atoms with Crippen molar-refractivity contribution in [3.05, 3.63) is 17.0 Å². The first-order chi connectivity index (χ1) is 9.85. The molecule has 1 aliphatic heterocycles. The van der Waals surface area contributed by atoms with E-state index in [0.717, 1.165) is 11.3 Å². The smallest absolute Gasteiger partial charge is 0.331 e. The summed E-state index contributed by atoms with van der Waals surface area (Å²) in [5.41, 5.74) is 0.359. The molecule has 1 aliphatic rings. The maximum Gasteiger partial charge on any atom is 0.331 e. The van der Waals surface area contributed by atoms with E-state index in [1.54, 1.807) is 6.92 Å². The Morgan fingerprint density at radius 2 is 2.19 bits per heavy atom. The van der Waals surface area contributed by atoms with Crippen LogP contribution >= 0.6 is 0 Å². The van der Waals surface area contributed by atoms with Crippen molar-refractivity contribution in [1.29, 1.82) is 0 Å². The number of nitrogens with one attached hydrogen (secondary N) is 1. The average Bonchev–Trinajstić information content (AvgIpc) is 2.97. The molecule has 0 spiro atoms. The van der Waals surface area contributed by atoms with Crippen LogP contribution in [0.15, 0.2) is 4.52 Å². The lowest BCUT2D eigenvalue weighted by atomic mass is 9.94. The number of nitrogens with zero attached hydrogens (tertiary/aromatic N) is 1. The van der Waals surface area contributed by atoms with Gasteiger partial charge in [-0.15, -0.1) is 0 Å². The van der Waals surface area contributed by atoms with Gasteiger partial charge in [-0.1, -0.05) is 12.1 Å². The van der Waals surface area contributed by atoms with Gasteiger partial charge >= 0.3 is 5.97 Å². The van der Waals surface area contributed by atoms with Gasteiger partial charge in [0.1, 0.15) is 5.76 Å². The highest BCUT2D eigenvalue weighted by molar-refractivity contribution is 5.87. The Hall–Kier alpha value is -1.89. The second-order valence-electron chi connectivity index (χ2n) is 5.58. The van der Waals surface area contributed by atoms with Crippen LogP contribution in [-0.4, -0.2) is 40.9 Å². The van der Waals surface area contributed by atoms with Crippen molar-refractivity contribution in [2.24, 2.45) is 0 Å².